The molecular formula is C9H10BrNO3. The second-order valence-electron chi connectivity index (χ2n) is 2.67. The fourth-order valence-corrected chi connectivity index (χ4v) is 1.50. The molecule has 0 aliphatic carbocycles. The van der Waals surface area contributed by atoms with Crippen molar-refractivity contribution in [2.75, 3.05) is 7.11 Å². The van der Waals surface area contributed by atoms with Gasteiger partial charge in [0.2, 0.25) is 0 Å². The highest BCUT2D eigenvalue weighted by atomic mass is 79.9. The number of aliphatic hydroxyl groups excluding tert-OH is 1. The van der Waals surface area contributed by atoms with E-state index in [1.54, 1.807) is 18.3 Å². The Hall–Kier alpha value is -0.940. The predicted molar refractivity (Wildman–Crippen MR) is 53.5 cm³/mol. The lowest BCUT2D eigenvalue weighted by molar-refractivity contribution is -0.142. The van der Waals surface area contributed by atoms with Gasteiger partial charge < -0.3 is 9.84 Å². The van der Waals surface area contributed by atoms with Gasteiger partial charge >= 0.3 is 5.97 Å². The summed E-state index contributed by atoms with van der Waals surface area (Å²) in [6, 6.07) is 3.49. The number of esters is 1. The van der Waals surface area contributed by atoms with Gasteiger partial charge in [0.15, 0.2) is 0 Å². The van der Waals surface area contributed by atoms with E-state index >= 15 is 0 Å². The summed E-state index contributed by atoms with van der Waals surface area (Å²) in [4.78, 5) is 14.8. The molecule has 0 unspecified atom stereocenters. The predicted octanol–water partition coefficient (Wildman–Crippen LogP) is 1.44. The van der Waals surface area contributed by atoms with Crippen LogP contribution >= 0.6 is 15.9 Å². The zero-order valence-corrected chi connectivity index (χ0v) is 9.19. The van der Waals surface area contributed by atoms with E-state index in [9.17, 15) is 9.90 Å². The first-order chi connectivity index (χ1) is 6.65. The van der Waals surface area contributed by atoms with Crippen molar-refractivity contribution in [3.8, 4) is 0 Å². The molecule has 0 spiro atoms. The van der Waals surface area contributed by atoms with Crippen LogP contribution in [0.15, 0.2) is 22.8 Å². The number of hydrogen-bond acceptors (Lipinski definition) is 4. The maximum atomic E-state index is 10.9. The minimum atomic E-state index is -0.932. The highest BCUT2D eigenvalue weighted by Crippen LogP contribution is 2.22. The second-order valence-corrected chi connectivity index (χ2v) is 3.52. The molecule has 4 nitrogen and oxygen atoms in total. The van der Waals surface area contributed by atoms with E-state index in [-0.39, 0.29) is 6.42 Å². The summed E-state index contributed by atoms with van der Waals surface area (Å²) in [5, 5.41) is 9.61. The van der Waals surface area contributed by atoms with Crippen molar-refractivity contribution < 1.29 is 14.6 Å². The Kier molecular flexibility index (Phi) is 4.03. The first-order valence-electron chi connectivity index (χ1n) is 4.00. The molecule has 0 aromatic carbocycles. The van der Waals surface area contributed by atoms with E-state index < -0.39 is 12.1 Å². The summed E-state index contributed by atoms with van der Waals surface area (Å²) in [6.45, 7) is 0. The Morgan fingerprint density at radius 1 is 1.79 bits per heavy atom. The van der Waals surface area contributed by atoms with Crippen LogP contribution in [0.2, 0.25) is 0 Å². The molecule has 76 valence electrons. The first kappa shape index (κ1) is 11.1. The van der Waals surface area contributed by atoms with Crippen LogP contribution in [0.5, 0.6) is 0 Å². The van der Waals surface area contributed by atoms with Crippen molar-refractivity contribution in [3.63, 3.8) is 0 Å². The zero-order chi connectivity index (χ0) is 10.6. The van der Waals surface area contributed by atoms with Crippen molar-refractivity contribution in [2.45, 2.75) is 12.5 Å². The summed E-state index contributed by atoms with van der Waals surface area (Å²) in [5.74, 6) is -0.463. The molecule has 0 saturated carbocycles. The van der Waals surface area contributed by atoms with Gasteiger partial charge in [-0.25, -0.2) is 0 Å². The van der Waals surface area contributed by atoms with Crippen LogP contribution < -0.4 is 0 Å². The number of carbonyl (C=O) groups is 1. The van der Waals surface area contributed by atoms with Crippen LogP contribution in [-0.2, 0) is 9.53 Å². The van der Waals surface area contributed by atoms with Crippen molar-refractivity contribution in [1.82, 2.24) is 4.98 Å². The van der Waals surface area contributed by atoms with Gasteiger partial charge in [0.05, 0.1) is 19.2 Å². The van der Waals surface area contributed by atoms with Crippen LogP contribution in [0.1, 0.15) is 18.2 Å². The van der Waals surface area contributed by atoms with Crippen LogP contribution in [0, 0.1) is 0 Å². The second kappa shape index (κ2) is 5.07. The molecule has 5 heteroatoms. The summed E-state index contributed by atoms with van der Waals surface area (Å²) in [6.07, 6.45) is 0.533. The van der Waals surface area contributed by atoms with Gasteiger partial charge in [-0.15, -0.1) is 0 Å². The van der Waals surface area contributed by atoms with Crippen LogP contribution in [0.3, 0.4) is 0 Å². The number of nitrogens with zero attached hydrogens (tertiary/aromatic N) is 1. The Balaban J connectivity index is 2.74. The molecular weight excluding hydrogens is 250 g/mol. The van der Waals surface area contributed by atoms with E-state index in [1.165, 1.54) is 7.11 Å². The number of aliphatic hydroxyl groups is 1. The summed E-state index contributed by atoms with van der Waals surface area (Å²) < 4.78 is 5.12. The number of ether oxygens (including phenoxy) is 1. The van der Waals surface area contributed by atoms with Crippen LogP contribution in [0.25, 0.3) is 0 Å². The minimum absolute atomic E-state index is 0.0912. The molecule has 0 saturated heterocycles. The maximum absolute atomic E-state index is 10.9. The Morgan fingerprint density at radius 3 is 3.07 bits per heavy atom. The number of methoxy groups -OCH3 is 1. The van der Waals surface area contributed by atoms with Gasteiger partial charge in [0.1, 0.15) is 6.10 Å². The third kappa shape index (κ3) is 2.78. The van der Waals surface area contributed by atoms with Crippen molar-refractivity contribution >= 4 is 21.9 Å². The van der Waals surface area contributed by atoms with Gasteiger partial charge in [-0.2, -0.15) is 0 Å². The molecule has 0 bridgehead atoms. The molecule has 0 amide bonds. The molecule has 1 aromatic heterocycles. The van der Waals surface area contributed by atoms with E-state index in [1.807, 2.05) is 0 Å². The highest BCUT2D eigenvalue weighted by Gasteiger charge is 2.16. The number of carbonyl (C=O) groups excluding carboxylic acids is 1. The van der Waals surface area contributed by atoms with Gasteiger partial charge in [-0.1, -0.05) is 0 Å². The standard InChI is InChI=1S/C9H10BrNO3/c1-14-8(13)5-7(12)9-6(10)3-2-4-11-9/h2-4,7,12H,5H2,1H3/t7-/m1/s1. The molecule has 1 heterocycles. The normalized spacial score (nSPS) is 12.2. The van der Waals surface area contributed by atoms with Crippen LogP contribution in [0.4, 0.5) is 0 Å². The van der Waals surface area contributed by atoms with Gasteiger partial charge in [0.25, 0.3) is 0 Å². The molecule has 1 atom stereocenters. The third-order valence-corrected chi connectivity index (χ3v) is 2.36. The van der Waals surface area contributed by atoms with E-state index in [2.05, 4.69) is 25.7 Å². The summed E-state index contributed by atoms with van der Waals surface area (Å²) in [7, 11) is 1.28. The SMILES string of the molecule is COC(=O)C[C@@H](O)c1ncccc1Br. The molecule has 1 rings (SSSR count). The lowest BCUT2D eigenvalue weighted by Gasteiger charge is -2.09. The van der Waals surface area contributed by atoms with Crippen molar-refractivity contribution in [1.29, 1.82) is 0 Å². The number of halogens is 1. The van der Waals surface area contributed by atoms with E-state index in [4.69, 9.17) is 0 Å². The largest absolute Gasteiger partial charge is 0.469 e. The average molecular weight is 260 g/mol. The number of pyridine rings is 1. The molecule has 1 aromatic rings. The van der Waals surface area contributed by atoms with E-state index in [0.717, 1.165) is 0 Å². The fourth-order valence-electron chi connectivity index (χ4n) is 0.981. The maximum Gasteiger partial charge on any atom is 0.308 e. The zero-order valence-electron chi connectivity index (χ0n) is 7.61. The Labute approximate surface area is 90.0 Å². The monoisotopic (exact) mass is 259 g/mol. The summed E-state index contributed by atoms with van der Waals surface area (Å²) in [5.41, 5.74) is 0.443. The molecule has 0 aliphatic rings. The number of hydrogen-bond donors (Lipinski definition) is 1. The first-order valence-corrected chi connectivity index (χ1v) is 4.79. The molecule has 0 fully saturated rings. The van der Waals surface area contributed by atoms with Crippen molar-refractivity contribution in [3.05, 3.63) is 28.5 Å². The van der Waals surface area contributed by atoms with E-state index in [0.29, 0.717) is 10.2 Å². The number of rotatable bonds is 3. The Morgan fingerprint density at radius 2 is 2.50 bits per heavy atom. The summed E-state index contributed by atoms with van der Waals surface area (Å²) >= 11 is 3.23. The molecule has 1 N–H and O–H groups in total. The smallest absolute Gasteiger partial charge is 0.308 e. The van der Waals surface area contributed by atoms with Gasteiger partial charge in [0, 0.05) is 10.7 Å². The average Bonchev–Trinajstić information content (AvgIpc) is 2.18. The van der Waals surface area contributed by atoms with Gasteiger partial charge in [-0.05, 0) is 28.1 Å². The quantitative estimate of drug-likeness (QED) is 0.835. The lowest BCUT2D eigenvalue weighted by atomic mass is 10.2. The lowest BCUT2D eigenvalue weighted by Crippen LogP contribution is -2.09. The molecule has 0 radical (unpaired) electrons. The minimum Gasteiger partial charge on any atom is -0.469 e. The topological polar surface area (TPSA) is 59.4 Å². The Bertz CT molecular complexity index is 330. The fraction of sp³-hybridized carbons (Fsp3) is 0.333. The number of aromatic nitrogens is 1. The highest BCUT2D eigenvalue weighted by molar-refractivity contribution is 9.10. The third-order valence-electron chi connectivity index (χ3n) is 1.69. The van der Waals surface area contributed by atoms with Crippen LogP contribution in [-0.4, -0.2) is 23.2 Å². The molecule has 0 aliphatic heterocycles. The molecule has 14 heavy (non-hydrogen) atoms. The van der Waals surface area contributed by atoms with Gasteiger partial charge in [-0.3, -0.25) is 9.78 Å². The van der Waals surface area contributed by atoms with Crippen molar-refractivity contribution in [2.24, 2.45) is 0 Å².